The molecule has 1 aliphatic rings. The maximum atomic E-state index is 15.2. The SMILES string of the molecule is COc1ccc(Cn2cc(CNCc3ccc(-c4ccc(N5C[C@H](Cn6cc(C)nn6)OC5=O)cc4F)cc3)nn2)cc1. The molecule has 11 nitrogen and oxygen atoms in total. The third-order valence-corrected chi connectivity index (χ3v) is 7.17. The van der Waals surface area contributed by atoms with Gasteiger partial charge < -0.3 is 14.8 Å². The smallest absolute Gasteiger partial charge is 0.414 e. The number of rotatable bonds is 11. The predicted molar refractivity (Wildman–Crippen MR) is 157 cm³/mol. The number of benzene rings is 3. The summed E-state index contributed by atoms with van der Waals surface area (Å²) >= 11 is 0. The lowest BCUT2D eigenvalue weighted by molar-refractivity contribution is 0.129. The number of carbonyl (C=O) groups is 1. The Labute approximate surface area is 247 Å². The molecule has 43 heavy (non-hydrogen) atoms. The fourth-order valence-corrected chi connectivity index (χ4v) is 4.98. The van der Waals surface area contributed by atoms with Crippen LogP contribution >= 0.6 is 0 Å². The van der Waals surface area contributed by atoms with Gasteiger partial charge in [0.1, 0.15) is 17.7 Å². The van der Waals surface area contributed by atoms with Crippen LogP contribution in [0.4, 0.5) is 14.9 Å². The normalized spacial score (nSPS) is 14.7. The fourth-order valence-electron chi connectivity index (χ4n) is 4.98. The third kappa shape index (κ3) is 6.70. The molecule has 0 saturated carbocycles. The minimum atomic E-state index is -0.509. The van der Waals surface area contributed by atoms with Crippen molar-refractivity contribution in [2.45, 2.75) is 39.2 Å². The predicted octanol–water partition coefficient (Wildman–Crippen LogP) is 4.36. The molecule has 220 valence electrons. The number of carbonyl (C=O) groups excluding carboxylic acids is 1. The quantitative estimate of drug-likeness (QED) is 0.245. The van der Waals surface area contributed by atoms with Crippen molar-refractivity contribution >= 4 is 11.8 Å². The average Bonchev–Trinajstić information content (AvgIpc) is 3.74. The van der Waals surface area contributed by atoms with Crippen LogP contribution in [0.3, 0.4) is 0 Å². The molecule has 12 heteroatoms. The van der Waals surface area contributed by atoms with Crippen molar-refractivity contribution in [3.05, 3.63) is 107 Å². The maximum absolute atomic E-state index is 15.2. The van der Waals surface area contributed by atoms with Gasteiger partial charge in [0.2, 0.25) is 0 Å². The van der Waals surface area contributed by atoms with Crippen LogP contribution in [0.25, 0.3) is 11.1 Å². The van der Waals surface area contributed by atoms with E-state index in [9.17, 15) is 4.79 Å². The second-order valence-corrected chi connectivity index (χ2v) is 10.4. The van der Waals surface area contributed by atoms with Gasteiger partial charge in [-0.1, -0.05) is 46.8 Å². The number of amides is 1. The Kier molecular flexibility index (Phi) is 8.09. The average molecular weight is 583 g/mol. The van der Waals surface area contributed by atoms with Gasteiger partial charge in [-0.25, -0.2) is 18.5 Å². The molecule has 1 N–H and O–H groups in total. The molecule has 1 amide bonds. The Bertz CT molecular complexity index is 1700. The summed E-state index contributed by atoms with van der Waals surface area (Å²) in [5.74, 6) is 0.405. The number of nitrogens with zero attached hydrogens (tertiary/aromatic N) is 7. The molecule has 0 spiro atoms. The molecule has 6 rings (SSSR count). The van der Waals surface area contributed by atoms with Crippen LogP contribution < -0.4 is 15.0 Å². The molecule has 0 radical (unpaired) electrons. The first-order chi connectivity index (χ1) is 20.9. The number of aryl methyl sites for hydroxylation is 1. The maximum Gasteiger partial charge on any atom is 0.414 e. The van der Waals surface area contributed by atoms with Crippen molar-refractivity contribution in [1.82, 2.24) is 35.3 Å². The molecule has 0 aliphatic carbocycles. The van der Waals surface area contributed by atoms with Gasteiger partial charge in [-0.15, -0.1) is 10.2 Å². The van der Waals surface area contributed by atoms with Crippen molar-refractivity contribution in [2.75, 3.05) is 18.6 Å². The summed E-state index contributed by atoms with van der Waals surface area (Å²) < 4.78 is 29.3. The number of halogens is 1. The summed E-state index contributed by atoms with van der Waals surface area (Å²) in [6, 6.07) is 20.4. The van der Waals surface area contributed by atoms with Crippen LogP contribution in [0.5, 0.6) is 5.75 Å². The van der Waals surface area contributed by atoms with E-state index < -0.39 is 18.0 Å². The molecule has 0 unspecified atom stereocenters. The summed E-state index contributed by atoms with van der Waals surface area (Å²) in [7, 11) is 1.65. The Morgan fingerprint density at radius 2 is 1.72 bits per heavy atom. The lowest BCUT2D eigenvalue weighted by Gasteiger charge is -2.14. The molecule has 3 aromatic carbocycles. The molecular formula is C31H31FN8O3. The van der Waals surface area contributed by atoms with Crippen LogP contribution in [-0.2, 0) is 30.9 Å². The molecule has 1 saturated heterocycles. The van der Waals surface area contributed by atoms with Gasteiger partial charge in [-0.3, -0.25) is 4.90 Å². The van der Waals surface area contributed by atoms with Gasteiger partial charge in [-0.05, 0) is 53.9 Å². The number of anilines is 1. The van der Waals surface area contributed by atoms with Gasteiger partial charge >= 0.3 is 6.09 Å². The Morgan fingerprint density at radius 1 is 0.953 bits per heavy atom. The topological polar surface area (TPSA) is 112 Å². The van der Waals surface area contributed by atoms with Gasteiger partial charge in [0.05, 0.1) is 50.0 Å². The van der Waals surface area contributed by atoms with Crippen LogP contribution in [0.15, 0.2) is 79.1 Å². The van der Waals surface area contributed by atoms with E-state index in [4.69, 9.17) is 9.47 Å². The van der Waals surface area contributed by atoms with Gasteiger partial charge in [-0.2, -0.15) is 0 Å². The summed E-state index contributed by atoms with van der Waals surface area (Å²) in [4.78, 5) is 13.9. The number of cyclic esters (lactones) is 1. The highest BCUT2D eigenvalue weighted by Crippen LogP contribution is 2.29. The highest BCUT2D eigenvalue weighted by molar-refractivity contribution is 5.90. The zero-order valence-corrected chi connectivity index (χ0v) is 23.9. The van der Waals surface area contributed by atoms with Crippen LogP contribution in [0, 0.1) is 12.7 Å². The molecule has 0 bridgehead atoms. The zero-order chi connectivity index (χ0) is 29.8. The van der Waals surface area contributed by atoms with Gasteiger partial charge in [0, 0.05) is 24.8 Å². The molecule has 1 aliphatic heterocycles. The molecule has 1 atom stereocenters. The number of hydrogen-bond acceptors (Lipinski definition) is 8. The van der Waals surface area contributed by atoms with Crippen molar-refractivity contribution in [3.63, 3.8) is 0 Å². The summed E-state index contributed by atoms with van der Waals surface area (Å²) in [5.41, 5.74) is 5.44. The van der Waals surface area contributed by atoms with Crippen molar-refractivity contribution in [3.8, 4) is 16.9 Å². The third-order valence-electron chi connectivity index (χ3n) is 7.17. The van der Waals surface area contributed by atoms with E-state index in [1.807, 2.05) is 61.7 Å². The van der Waals surface area contributed by atoms with Crippen molar-refractivity contribution < 1.29 is 18.7 Å². The van der Waals surface area contributed by atoms with E-state index in [1.54, 1.807) is 34.8 Å². The molecule has 5 aromatic rings. The molecule has 3 heterocycles. The first kappa shape index (κ1) is 28.0. The van der Waals surface area contributed by atoms with Gasteiger partial charge in [0.25, 0.3) is 0 Å². The van der Waals surface area contributed by atoms with E-state index >= 15 is 4.39 Å². The summed E-state index contributed by atoms with van der Waals surface area (Å²) in [6.45, 7) is 4.35. The van der Waals surface area contributed by atoms with E-state index in [0.29, 0.717) is 44.0 Å². The van der Waals surface area contributed by atoms with Gasteiger partial charge in [0.15, 0.2) is 0 Å². The monoisotopic (exact) mass is 582 g/mol. The highest BCUT2D eigenvalue weighted by atomic mass is 19.1. The Morgan fingerprint density at radius 3 is 2.44 bits per heavy atom. The first-order valence-corrected chi connectivity index (χ1v) is 13.9. The molecule has 2 aromatic heterocycles. The second kappa shape index (κ2) is 12.4. The fraction of sp³-hybridized carbons (Fsp3) is 0.258. The standard InChI is InChI=1S/C31H31FN8O3/c1-21-16-38(36-34-21)19-28-20-40(31(41)43-28)26-9-12-29(30(32)13-26)24-7-3-22(4-8-24)14-33-15-25-18-39(37-35-25)17-23-5-10-27(42-2)11-6-23/h3-13,16,18,28,33H,14-15,17,19-20H2,1-2H3/t28-/m0/s1. The Hall–Kier alpha value is -5.10. The van der Waals surface area contributed by atoms with E-state index in [2.05, 4.69) is 25.9 Å². The summed E-state index contributed by atoms with van der Waals surface area (Å²) in [6.07, 6.45) is 2.80. The Balaban J connectivity index is 1.01. The van der Waals surface area contributed by atoms with E-state index in [0.717, 1.165) is 33.8 Å². The summed E-state index contributed by atoms with van der Waals surface area (Å²) in [5, 5.41) is 19.8. The van der Waals surface area contributed by atoms with Crippen molar-refractivity contribution in [2.24, 2.45) is 0 Å². The minimum absolute atomic E-state index is 0.303. The first-order valence-electron chi connectivity index (χ1n) is 13.9. The highest BCUT2D eigenvalue weighted by Gasteiger charge is 2.33. The van der Waals surface area contributed by atoms with Crippen molar-refractivity contribution in [1.29, 1.82) is 0 Å². The lowest BCUT2D eigenvalue weighted by Crippen LogP contribution is -2.26. The zero-order valence-electron chi connectivity index (χ0n) is 23.9. The number of methoxy groups -OCH3 is 1. The number of aromatic nitrogens is 6. The van der Waals surface area contributed by atoms with Crippen LogP contribution in [-0.4, -0.2) is 55.8 Å². The lowest BCUT2D eigenvalue weighted by atomic mass is 10.0. The number of hydrogen-bond donors (Lipinski definition) is 1. The van der Waals surface area contributed by atoms with E-state index in [-0.39, 0.29) is 0 Å². The van der Waals surface area contributed by atoms with Crippen LogP contribution in [0.1, 0.15) is 22.5 Å². The molecule has 1 fully saturated rings. The second-order valence-electron chi connectivity index (χ2n) is 10.4. The van der Waals surface area contributed by atoms with E-state index in [1.165, 1.54) is 11.0 Å². The number of ether oxygens (including phenoxy) is 2. The molecular weight excluding hydrogens is 551 g/mol. The minimum Gasteiger partial charge on any atom is -0.497 e. The number of nitrogens with one attached hydrogen (secondary N) is 1. The largest absolute Gasteiger partial charge is 0.497 e. The van der Waals surface area contributed by atoms with Crippen LogP contribution in [0.2, 0.25) is 0 Å².